The number of thiazole rings is 1. The average Bonchev–Trinajstić information content (AvgIpc) is 3.36. The van der Waals surface area contributed by atoms with Crippen LogP contribution in [0.4, 0.5) is 19.9 Å². The van der Waals surface area contributed by atoms with Crippen molar-refractivity contribution in [3.8, 4) is 11.3 Å². The summed E-state index contributed by atoms with van der Waals surface area (Å²) < 4.78 is 30.5. The molecular formula is C29H26F2IN7OS. The molecule has 2 aromatic heterocycles. The predicted molar refractivity (Wildman–Crippen MR) is 164 cm³/mol. The number of fused-ring (bicyclic) bond motifs is 3. The van der Waals surface area contributed by atoms with Crippen molar-refractivity contribution >= 4 is 56.6 Å². The molecule has 4 aromatic rings. The quantitative estimate of drug-likeness (QED) is 0.206. The van der Waals surface area contributed by atoms with E-state index in [4.69, 9.17) is 4.98 Å². The molecule has 2 unspecified atom stereocenters. The number of aromatic nitrogens is 3. The van der Waals surface area contributed by atoms with E-state index < -0.39 is 11.6 Å². The Balaban J connectivity index is 1.32. The van der Waals surface area contributed by atoms with Crippen LogP contribution in [0.25, 0.3) is 11.3 Å². The van der Waals surface area contributed by atoms with Crippen molar-refractivity contribution in [3.05, 3.63) is 87.6 Å². The third kappa shape index (κ3) is 5.60. The van der Waals surface area contributed by atoms with Gasteiger partial charge < -0.3 is 15.5 Å². The van der Waals surface area contributed by atoms with E-state index >= 15 is 0 Å². The molecule has 1 fully saturated rings. The van der Waals surface area contributed by atoms with Crippen LogP contribution < -0.4 is 10.6 Å². The molecule has 2 atom stereocenters. The van der Waals surface area contributed by atoms with E-state index in [-0.39, 0.29) is 35.8 Å². The van der Waals surface area contributed by atoms with Crippen molar-refractivity contribution in [1.29, 1.82) is 0 Å². The number of nitrogens with one attached hydrogen (secondary N) is 2. The SMILES string of the molecule is CC1CN(C(=O)c2csc(Nc3ncc4c(n3)-c3ccc(CI)cc3C(c3c(F)cccc3F)=NC4)n2)CC(C)N1. The number of hydrogen-bond donors (Lipinski definition) is 2. The van der Waals surface area contributed by atoms with E-state index in [0.717, 1.165) is 15.6 Å². The maximum Gasteiger partial charge on any atom is 0.273 e. The van der Waals surface area contributed by atoms with Gasteiger partial charge in [-0.15, -0.1) is 11.3 Å². The monoisotopic (exact) mass is 685 g/mol. The van der Waals surface area contributed by atoms with Crippen molar-refractivity contribution in [2.75, 3.05) is 18.4 Å². The first-order valence-corrected chi connectivity index (χ1v) is 15.5. The highest BCUT2D eigenvalue weighted by Crippen LogP contribution is 2.34. The Kier molecular flexibility index (Phi) is 7.79. The molecule has 8 nitrogen and oxygen atoms in total. The molecule has 0 bridgehead atoms. The molecule has 0 spiro atoms. The fourth-order valence-corrected chi connectivity index (χ4v) is 6.41. The number of carbonyl (C=O) groups is 1. The van der Waals surface area contributed by atoms with Gasteiger partial charge in [-0.3, -0.25) is 9.79 Å². The van der Waals surface area contributed by atoms with Crippen LogP contribution in [0.5, 0.6) is 0 Å². The fraction of sp³-hybridized carbons (Fsp3) is 0.276. The van der Waals surface area contributed by atoms with Crippen molar-refractivity contribution < 1.29 is 13.6 Å². The number of benzene rings is 2. The Morgan fingerprint density at radius 2 is 1.88 bits per heavy atom. The molecule has 12 heteroatoms. The number of aliphatic imine (C=N–C) groups is 1. The third-order valence-electron chi connectivity index (χ3n) is 7.01. The van der Waals surface area contributed by atoms with Crippen LogP contribution in [0.15, 0.2) is 53.0 Å². The standard InChI is InChI=1S/C29H26F2IN7OS/c1-15-12-39(13-16(2)35-15)27(40)23-14-41-29(36-23)38-28-34-11-18-10-33-26(24-21(30)4-3-5-22(24)31)20-8-17(9-32)6-7-19(20)25(18)37-28/h3-8,11,14-16,35H,9-10,12-13H2,1-2H3,(H,34,36,37,38). The van der Waals surface area contributed by atoms with E-state index in [1.807, 2.05) is 23.1 Å². The van der Waals surface area contributed by atoms with Crippen molar-refractivity contribution in [3.63, 3.8) is 0 Å². The predicted octanol–water partition coefficient (Wildman–Crippen LogP) is 5.73. The van der Waals surface area contributed by atoms with Crippen molar-refractivity contribution in [1.82, 2.24) is 25.2 Å². The van der Waals surface area contributed by atoms with Gasteiger partial charge >= 0.3 is 0 Å². The summed E-state index contributed by atoms with van der Waals surface area (Å²) in [7, 11) is 0. The van der Waals surface area contributed by atoms with Crippen molar-refractivity contribution in [2.45, 2.75) is 36.9 Å². The van der Waals surface area contributed by atoms with Gasteiger partial charge in [0.25, 0.3) is 5.91 Å². The second-order valence-electron chi connectivity index (χ2n) is 10.2. The number of halogens is 3. The maximum absolute atomic E-state index is 14.9. The average molecular weight is 686 g/mol. The molecule has 2 N–H and O–H groups in total. The van der Waals surface area contributed by atoms with Gasteiger partial charge in [0, 0.05) is 57.9 Å². The molecule has 1 amide bonds. The highest BCUT2D eigenvalue weighted by atomic mass is 127. The zero-order valence-electron chi connectivity index (χ0n) is 22.3. The molecule has 41 heavy (non-hydrogen) atoms. The topological polar surface area (TPSA) is 95.4 Å². The van der Waals surface area contributed by atoms with Gasteiger partial charge in [0.2, 0.25) is 5.95 Å². The number of piperazine rings is 1. The van der Waals surface area contributed by atoms with Gasteiger partial charge in [-0.2, -0.15) is 0 Å². The summed E-state index contributed by atoms with van der Waals surface area (Å²) in [4.78, 5) is 33.3. The van der Waals surface area contributed by atoms with Crippen LogP contribution in [-0.2, 0) is 11.0 Å². The highest BCUT2D eigenvalue weighted by Gasteiger charge is 2.28. The largest absolute Gasteiger partial charge is 0.334 e. The molecular weight excluding hydrogens is 659 g/mol. The first kappa shape index (κ1) is 27.8. The van der Waals surface area contributed by atoms with Gasteiger partial charge in [-0.25, -0.2) is 23.7 Å². The molecule has 0 aliphatic carbocycles. The summed E-state index contributed by atoms with van der Waals surface area (Å²) in [6.07, 6.45) is 1.66. The number of nitrogens with zero attached hydrogens (tertiary/aromatic N) is 5. The summed E-state index contributed by atoms with van der Waals surface area (Å²) >= 11 is 3.55. The molecule has 210 valence electrons. The van der Waals surface area contributed by atoms with Gasteiger partial charge in [0.15, 0.2) is 5.13 Å². The normalized spacial score (nSPS) is 18.3. The molecule has 2 aliphatic heterocycles. The Bertz CT molecular complexity index is 1650. The number of hydrogen-bond acceptors (Lipinski definition) is 8. The van der Waals surface area contributed by atoms with E-state index in [0.29, 0.717) is 46.7 Å². The molecule has 4 heterocycles. The second-order valence-corrected chi connectivity index (χ2v) is 11.8. The molecule has 0 saturated carbocycles. The number of alkyl halides is 1. The van der Waals surface area contributed by atoms with Crippen LogP contribution in [-0.4, -0.2) is 56.6 Å². The fourth-order valence-electron chi connectivity index (χ4n) is 5.26. The minimum atomic E-state index is -0.673. The van der Waals surface area contributed by atoms with Gasteiger partial charge in [-0.1, -0.05) is 40.8 Å². The van der Waals surface area contributed by atoms with E-state index in [1.54, 1.807) is 11.6 Å². The molecule has 0 radical (unpaired) electrons. The van der Waals surface area contributed by atoms with Crippen LogP contribution in [0.3, 0.4) is 0 Å². The summed E-state index contributed by atoms with van der Waals surface area (Å²) in [5, 5.41) is 8.78. The Morgan fingerprint density at radius 3 is 2.61 bits per heavy atom. The number of rotatable bonds is 5. The zero-order chi connectivity index (χ0) is 28.7. The van der Waals surface area contributed by atoms with Crippen LogP contribution in [0.2, 0.25) is 0 Å². The summed E-state index contributed by atoms with van der Waals surface area (Å²) in [5.41, 5.74) is 4.10. The minimum absolute atomic E-state index is 0.109. The Hall–Kier alpha value is -3.36. The Morgan fingerprint density at radius 1 is 1.12 bits per heavy atom. The van der Waals surface area contributed by atoms with Crippen LogP contribution in [0.1, 0.15) is 46.6 Å². The summed E-state index contributed by atoms with van der Waals surface area (Å²) in [6.45, 7) is 5.51. The summed E-state index contributed by atoms with van der Waals surface area (Å²) in [5.74, 6) is -1.16. The van der Waals surface area contributed by atoms with E-state index in [2.05, 4.69) is 62.0 Å². The minimum Gasteiger partial charge on any atom is -0.334 e. The lowest BCUT2D eigenvalue weighted by molar-refractivity contribution is 0.0669. The van der Waals surface area contributed by atoms with E-state index in [1.165, 1.54) is 29.5 Å². The highest BCUT2D eigenvalue weighted by molar-refractivity contribution is 14.1. The summed E-state index contributed by atoms with van der Waals surface area (Å²) in [6, 6.07) is 10.0. The second kappa shape index (κ2) is 11.5. The lowest BCUT2D eigenvalue weighted by Crippen LogP contribution is -2.55. The maximum atomic E-state index is 14.9. The smallest absolute Gasteiger partial charge is 0.273 e. The van der Waals surface area contributed by atoms with Crippen LogP contribution in [0, 0.1) is 11.6 Å². The molecule has 2 aliphatic rings. The third-order valence-corrected chi connectivity index (χ3v) is 8.65. The first-order valence-electron chi connectivity index (χ1n) is 13.1. The van der Waals surface area contributed by atoms with Gasteiger partial charge in [-0.05, 0) is 37.6 Å². The van der Waals surface area contributed by atoms with Crippen molar-refractivity contribution in [2.24, 2.45) is 4.99 Å². The lowest BCUT2D eigenvalue weighted by Gasteiger charge is -2.35. The molecule has 2 aromatic carbocycles. The van der Waals surface area contributed by atoms with Gasteiger partial charge in [0.1, 0.15) is 17.3 Å². The molecule has 1 saturated heterocycles. The first-order chi connectivity index (χ1) is 19.8. The Labute approximate surface area is 253 Å². The van der Waals surface area contributed by atoms with Crippen LogP contribution >= 0.6 is 33.9 Å². The number of carbonyl (C=O) groups excluding carboxylic acids is 1. The number of anilines is 2. The lowest BCUT2D eigenvalue weighted by atomic mass is 9.93. The van der Waals surface area contributed by atoms with Gasteiger partial charge in [0.05, 0.1) is 23.5 Å². The molecule has 6 rings (SSSR count). The number of amides is 1. The zero-order valence-corrected chi connectivity index (χ0v) is 25.3. The van der Waals surface area contributed by atoms with E-state index in [9.17, 15) is 13.6 Å².